The fraction of sp³-hybridized carbons (Fsp3) is 0.500. The molecule has 2 fully saturated rings. The molecule has 22 heavy (non-hydrogen) atoms. The number of likely N-dealkylation sites (tertiary alicyclic amines) is 1. The van der Waals surface area contributed by atoms with Crippen LogP contribution >= 0.6 is 0 Å². The average molecular weight is 301 g/mol. The van der Waals surface area contributed by atoms with E-state index in [1.165, 1.54) is 6.33 Å². The zero-order chi connectivity index (χ0) is 15.2. The Hall–Kier alpha value is -2.35. The van der Waals surface area contributed by atoms with E-state index in [2.05, 4.69) is 20.2 Å². The van der Waals surface area contributed by atoms with Crippen LogP contribution in [0.3, 0.4) is 0 Å². The number of carbonyl (C=O) groups excluding carboxylic acids is 1. The average Bonchev–Trinajstić information content (AvgIpc) is 3.20. The fourth-order valence-electron chi connectivity index (χ4n) is 3.27. The predicted octanol–water partition coefficient (Wildman–Crippen LogP) is 0.208. The van der Waals surface area contributed by atoms with Crippen molar-refractivity contribution in [3.63, 3.8) is 0 Å². The molecule has 2 saturated heterocycles. The lowest BCUT2D eigenvalue weighted by Crippen LogP contribution is -2.37. The molecule has 8 heteroatoms. The monoisotopic (exact) mass is 301 g/mol. The first-order valence-corrected chi connectivity index (χ1v) is 7.13. The van der Waals surface area contributed by atoms with Gasteiger partial charge < -0.3 is 14.1 Å². The van der Waals surface area contributed by atoms with E-state index in [-0.39, 0.29) is 11.8 Å². The summed E-state index contributed by atoms with van der Waals surface area (Å²) in [6, 6.07) is 1.62. The molecule has 0 spiro atoms. The lowest BCUT2D eigenvalue weighted by atomic mass is 9.81. The highest BCUT2D eigenvalue weighted by Crippen LogP contribution is 2.43. The van der Waals surface area contributed by atoms with Gasteiger partial charge in [0, 0.05) is 32.1 Å². The van der Waals surface area contributed by atoms with Gasteiger partial charge in [0.1, 0.15) is 12.0 Å². The van der Waals surface area contributed by atoms with Crippen LogP contribution in [0.5, 0.6) is 0 Å². The number of aryl methyl sites for hydroxylation is 1. The first-order valence-electron chi connectivity index (χ1n) is 7.13. The van der Waals surface area contributed by atoms with Crippen LogP contribution in [0.1, 0.15) is 22.3 Å². The maximum absolute atomic E-state index is 12.6. The van der Waals surface area contributed by atoms with E-state index in [1.54, 1.807) is 24.1 Å². The molecular weight excluding hydrogens is 286 g/mol. The van der Waals surface area contributed by atoms with Crippen molar-refractivity contribution in [3.05, 3.63) is 36.1 Å². The topological polar surface area (TPSA) is 94.2 Å². The summed E-state index contributed by atoms with van der Waals surface area (Å²) in [7, 11) is 0. The standard InChI is InChI=1S/C14H15N5O3/c1-9-17-18-13(22-9)14-6-19(4-10(14)5-21-7-14)12(20)11-2-3-15-8-16-11/h2-3,8,10H,4-7H2,1H3/t10-,14-/m0/s1. The molecule has 4 rings (SSSR count). The number of carbonyl (C=O) groups is 1. The second-order valence-electron chi connectivity index (χ2n) is 5.77. The largest absolute Gasteiger partial charge is 0.425 e. The molecule has 4 heterocycles. The summed E-state index contributed by atoms with van der Waals surface area (Å²) in [4.78, 5) is 22.2. The van der Waals surface area contributed by atoms with E-state index in [0.717, 1.165) is 0 Å². The van der Waals surface area contributed by atoms with Crippen molar-refractivity contribution in [1.29, 1.82) is 0 Å². The van der Waals surface area contributed by atoms with E-state index in [9.17, 15) is 4.79 Å². The molecule has 0 bridgehead atoms. The van der Waals surface area contributed by atoms with Crippen molar-refractivity contribution in [2.45, 2.75) is 12.3 Å². The molecule has 0 radical (unpaired) electrons. The van der Waals surface area contributed by atoms with E-state index in [0.29, 0.717) is 43.8 Å². The second-order valence-corrected chi connectivity index (χ2v) is 5.77. The van der Waals surface area contributed by atoms with Crippen LogP contribution in [0.4, 0.5) is 0 Å². The molecule has 0 saturated carbocycles. The van der Waals surface area contributed by atoms with Gasteiger partial charge in [0.15, 0.2) is 0 Å². The molecule has 2 aliphatic heterocycles. The zero-order valence-electron chi connectivity index (χ0n) is 12.1. The van der Waals surface area contributed by atoms with Crippen molar-refractivity contribution >= 4 is 5.91 Å². The number of nitrogens with zero attached hydrogens (tertiary/aromatic N) is 5. The summed E-state index contributed by atoms with van der Waals surface area (Å²) < 4.78 is 11.3. The smallest absolute Gasteiger partial charge is 0.272 e. The molecule has 0 aromatic carbocycles. The molecule has 2 aliphatic rings. The number of amides is 1. The molecular formula is C14H15N5O3. The van der Waals surface area contributed by atoms with Gasteiger partial charge in [0.25, 0.3) is 5.91 Å². The molecule has 0 N–H and O–H groups in total. The first-order chi connectivity index (χ1) is 10.7. The van der Waals surface area contributed by atoms with Crippen molar-refractivity contribution < 1.29 is 13.9 Å². The Balaban J connectivity index is 1.64. The maximum atomic E-state index is 12.6. The minimum Gasteiger partial charge on any atom is -0.425 e. The number of fused-ring (bicyclic) bond motifs is 1. The van der Waals surface area contributed by atoms with Crippen LogP contribution in [0.25, 0.3) is 0 Å². The van der Waals surface area contributed by atoms with Crippen LogP contribution < -0.4 is 0 Å². The van der Waals surface area contributed by atoms with Gasteiger partial charge in [0.05, 0.1) is 18.6 Å². The van der Waals surface area contributed by atoms with Crippen LogP contribution in [0.15, 0.2) is 23.0 Å². The normalized spacial score (nSPS) is 27.1. The van der Waals surface area contributed by atoms with Crippen molar-refractivity contribution in [3.8, 4) is 0 Å². The third kappa shape index (κ3) is 1.91. The Kier molecular flexibility index (Phi) is 2.93. The third-order valence-electron chi connectivity index (χ3n) is 4.41. The highest BCUT2D eigenvalue weighted by Gasteiger charge is 2.56. The Morgan fingerprint density at radius 2 is 2.36 bits per heavy atom. The van der Waals surface area contributed by atoms with Crippen molar-refractivity contribution in [2.75, 3.05) is 26.3 Å². The van der Waals surface area contributed by atoms with Gasteiger partial charge >= 0.3 is 0 Å². The van der Waals surface area contributed by atoms with Gasteiger partial charge in [-0.3, -0.25) is 4.79 Å². The summed E-state index contributed by atoms with van der Waals surface area (Å²) in [5, 5.41) is 8.09. The van der Waals surface area contributed by atoms with Crippen molar-refractivity contribution in [1.82, 2.24) is 25.1 Å². The summed E-state index contributed by atoms with van der Waals surface area (Å²) >= 11 is 0. The third-order valence-corrected chi connectivity index (χ3v) is 4.41. The highest BCUT2D eigenvalue weighted by molar-refractivity contribution is 5.92. The molecule has 114 valence electrons. The van der Waals surface area contributed by atoms with Gasteiger partial charge in [-0.25, -0.2) is 9.97 Å². The number of ether oxygens (including phenoxy) is 1. The molecule has 8 nitrogen and oxygen atoms in total. The van der Waals surface area contributed by atoms with E-state index in [1.807, 2.05) is 0 Å². The van der Waals surface area contributed by atoms with Gasteiger partial charge in [-0.2, -0.15) is 0 Å². The summed E-state index contributed by atoms with van der Waals surface area (Å²) in [5.41, 5.74) is -0.00279. The Labute approximate surface area is 126 Å². The van der Waals surface area contributed by atoms with Crippen LogP contribution in [-0.2, 0) is 10.2 Å². The Morgan fingerprint density at radius 3 is 3.09 bits per heavy atom. The Morgan fingerprint density at radius 1 is 1.45 bits per heavy atom. The van der Waals surface area contributed by atoms with Crippen LogP contribution in [-0.4, -0.2) is 57.3 Å². The SMILES string of the molecule is Cc1nnc([C@@]23COC[C@@H]2CN(C(=O)c2ccncn2)C3)o1. The minimum atomic E-state index is -0.399. The summed E-state index contributed by atoms with van der Waals surface area (Å²) in [5.74, 6) is 1.15. The van der Waals surface area contributed by atoms with E-state index in [4.69, 9.17) is 9.15 Å². The summed E-state index contributed by atoms with van der Waals surface area (Å²) in [6.45, 7) is 3.95. The maximum Gasteiger partial charge on any atom is 0.272 e. The van der Waals surface area contributed by atoms with E-state index >= 15 is 0 Å². The van der Waals surface area contributed by atoms with Gasteiger partial charge in [0.2, 0.25) is 11.8 Å². The molecule has 0 unspecified atom stereocenters. The molecule has 1 amide bonds. The van der Waals surface area contributed by atoms with Gasteiger partial charge in [-0.05, 0) is 6.07 Å². The minimum absolute atomic E-state index is 0.104. The molecule has 2 atom stereocenters. The number of aromatic nitrogens is 4. The number of hydrogen-bond donors (Lipinski definition) is 0. The molecule has 2 aromatic rings. The lowest BCUT2D eigenvalue weighted by Gasteiger charge is -2.22. The predicted molar refractivity (Wildman–Crippen MR) is 73.0 cm³/mol. The highest BCUT2D eigenvalue weighted by atomic mass is 16.5. The van der Waals surface area contributed by atoms with Gasteiger partial charge in [-0.15, -0.1) is 10.2 Å². The lowest BCUT2D eigenvalue weighted by molar-refractivity contribution is 0.0732. The fourth-order valence-corrected chi connectivity index (χ4v) is 3.27. The van der Waals surface area contributed by atoms with Gasteiger partial charge in [-0.1, -0.05) is 0 Å². The quantitative estimate of drug-likeness (QED) is 0.782. The first kappa shape index (κ1) is 13.3. The Bertz CT molecular complexity index is 704. The van der Waals surface area contributed by atoms with E-state index < -0.39 is 5.41 Å². The second kappa shape index (κ2) is 4.84. The van der Waals surface area contributed by atoms with Crippen LogP contribution in [0, 0.1) is 12.8 Å². The zero-order valence-corrected chi connectivity index (χ0v) is 12.1. The van der Waals surface area contributed by atoms with Crippen LogP contribution in [0.2, 0.25) is 0 Å². The molecule has 2 aromatic heterocycles. The summed E-state index contributed by atoms with van der Waals surface area (Å²) in [6.07, 6.45) is 2.95. The number of hydrogen-bond acceptors (Lipinski definition) is 7. The number of rotatable bonds is 2. The molecule has 0 aliphatic carbocycles. The van der Waals surface area contributed by atoms with Crippen molar-refractivity contribution in [2.24, 2.45) is 5.92 Å².